The van der Waals surface area contributed by atoms with E-state index in [0.717, 1.165) is 31.4 Å². The van der Waals surface area contributed by atoms with Crippen molar-refractivity contribution in [1.29, 1.82) is 0 Å². The minimum Gasteiger partial charge on any atom is -0.372 e. The van der Waals surface area contributed by atoms with Crippen LogP contribution in [0.2, 0.25) is 0 Å². The van der Waals surface area contributed by atoms with E-state index in [0.29, 0.717) is 5.92 Å². The number of amides is 1. The molecule has 1 aromatic carbocycles. The summed E-state index contributed by atoms with van der Waals surface area (Å²) in [4.78, 5) is 18.8. The number of aromatic nitrogens is 1. The molecule has 1 atom stereocenters. The standard InChI is InChI=1S/C16H20N2O2S/c1-11(20-2)16(19)18-9-7-12(8-10-18)15-17-13-5-3-4-6-14(13)21-15/h3-6,11-12H,7-10H2,1-2H3. The van der Waals surface area contributed by atoms with Gasteiger partial charge in [-0.25, -0.2) is 4.98 Å². The smallest absolute Gasteiger partial charge is 0.251 e. The first-order valence-corrected chi connectivity index (χ1v) is 8.17. The maximum Gasteiger partial charge on any atom is 0.251 e. The number of carbonyl (C=O) groups is 1. The van der Waals surface area contributed by atoms with E-state index in [-0.39, 0.29) is 12.0 Å². The molecule has 5 heteroatoms. The first-order valence-electron chi connectivity index (χ1n) is 7.36. The first kappa shape index (κ1) is 14.5. The minimum absolute atomic E-state index is 0.0975. The van der Waals surface area contributed by atoms with Gasteiger partial charge in [0.2, 0.25) is 0 Å². The van der Waals surface area contributed by atoms with Crippen LogP contribution in [0.1, 0.15) is 30.7 Å². The van der Waals surface area contributed by atoms with Crippen LogP contribution in [-0.2, 0) is 9.53 Å². The van der Waals surface area contributed by atoms with Crippen molar-refractivity contribution in [1.82, 2.24) is 9.88 Å². The summed E-state index contributed by atoms with van der Waals surface area (Å²) in [6, 6.07) is 8.26. The highest BCUT2D eigenvalue weighted by molar-refractivity contribution is 7.18. The van der Waals surface area contributed by atoms with E-state index in [4.69, 9.17) is 9.72 Å². The second-order valence-corrected chi connectivity index (χ2v) is 6.56. The minimum atomic E-state index is -0.344. The number of para-hydroxylation sites is 1. The van der Waals surface area contributed by atoms with Crippen molar-refractivity contribution in [3.63, 3.8) is 0 Å². The van der Waals surface area contributed by atoms with Crippen LogP contribution < -0.4 is 0 Å². The predicted octanol–water partition coefficient (Wildman–Crippen LogP) is 3.04. The number of benzene rings is 1. The highest BCUT2D eigenvalue weighted by Crippen LogP contribution is 2.33. The Hall–Kier alpha value is -1.46. The molecule has 1 aromatic heterocycles. The van der Waals surface area contributed by atoms with Gasteiger partial charge in [-0.05, 0) is 31.9 Å². The zero-order chi connectivity index (χ0) is 14.8. The Morgan fingerprint density at radius 1 is 1.38 bits per heavy atom. The SMILES string of the molecule is COC(C)C(=O)N1CCC(c2nc3ccccc3s2)CC1. The van der Waals surface area contributed by atoms with Gasteiger partial charge in [0, 0.05) is 26.1 Å². The van der Waals surface area contributed by atoms with Crippen LogP contribution in [0, 0.1) is 0 Å². The van der Waals surface area contributed by atoms with Crippen molar-refractivity contribution in [2.45, 2.75) is 31.8 Å². The molecule has 1 aliphatic heterocycles. The zero-order valence-electron chi connectivity index (χ0n) is 12.4. The summed E-state index contributed by atoms with van der Waals surface area (Å²) in [5.41, 5.74) is 1.09. The fourth-order valence-electron chi connectivity index (χ4n) is 2.77. The molecule has 0 aliphatic carbocycles. The quantitative estimate of drug-likeness (QED) is 0.875. The van der Waals surface area contributed by atoms with Gasteiger partial charge in [0.05, 0.1) is 15.2 Å². The lowest BCUT2D eigenvalue weighted by Crippen LogP contribution is -2.43. The van der Waals surface area contributed by atoms with E-state index in [9.17, 15) is 4.79 Å². The van der Waals surface area contributed by atoms with Crippen molar-refractivity contribution < 1.29 is 9.53 Å². The maximum atomic E-state index is 12.1. The van der Waals surface area contributed by atoms with Gasteiger partial charge in [-0.2, -0.15) is 0 Å². The Balaban J connectivity index is 1.67. The van der Waals surface area contributed by atoms with Gasteiger partial charge in [-0.1, -0.05) is 12.1 Å². The number of methoxy groups -OCH3 is 1. The Morgan fingerprint density at radius 2 is 2.10 bits per heavy atom. The molecule has 1 fully saturated rings. The van der Waals surface area contributed by atoms with Crippen LogP contribution in [0.15, 0.2) is 24.3 Å². The van der Waals surface area contributed by atoms with Gasteiger partial charge >= 0.3 is 0 Å². The van der Waals surface area contributed by atoms with Crippen LogP contribution in [0.3, 0.4) is 0 Å². The Bertz CT molecular complexity index is 599. The Morgan fingerprint density at radius 3 is 2.76 bits per heavy atom. The highest BCUT2D eigenvalue weighted by Gasteiger charge is 2.28. The fourth-order valence-corrected chi connectivity index (χ4v) is 3.91. The predicted molar refractivity (Wildman–Crippen MR) is 84.6 cm³/mol. The number of hydrogen-bond donors (Lipinski definition) is 0. The lowest BCUT2D eigenvalue weighted by Gasteiger charge is -2.32. The molecule has 1 saturated heterocycles. The van der Waals surface area contributed by atoms with Crippen LogP contribution in [-0.4, -0.2) is 42.1 Å². The molecular formula is C16H20N2O2S. The van der Waals surface area contributed by atoms with Crippen LogP contribution >= 0.6 is 11.3 Å². The largest absolute Gasteiger partial charge is 0.372 e. The third kappa shape index (κ3) is 2.94. The molecule has 0 saturated carbocycles. The molecule has 21 heavy (non-hydrogen) atoms. The van der Waals surface area contributed by atoms with Crippen LogP contribution in [0.4, 0.5) is 0 Å². The van der Waals surface area contributed by atoms with Crippen molar-refractivity contribution in [2.24, 2.45) is 0 Å². The summed E-state index contributed by atoms with van der Waals surface area (Å²) < 4.78 is 6.36. The molecule has 0 radical (unpaired) electrons. The number of fused-ring (bicyclic) bond motifs is 1. The summed E-state index contributed by atoms with van der Waals surface area (Å²) in [5, 5.41) is 1.21. The van der Waals surface area contributed by atoms with E-state index >= 15 is 0 Å². The van der Waals surface area contributed by atoms with E-state index in [1.165, 1.54) is 9.71 Å². The molecule has 0 spiro atoms. The number of thiazole rings is 1. The molecule has 2 aromatic rings. The van der Waals surface area contributed by atoms with Gasteiger partial charge < -0.3 is 9.64 Å². The second kappa shape index (κ2) is 6.12. The molecule has 0 bridgehead atoms. The van der Waals surface area contributed by atoms with Gasteiger partial charge in [0.15, 0.2) is 0 Å². The van der Waals surface area contributed by atoms with Gasteiger partial charge in [-0.15, -0.1) is 11.3 Å². The number of likely N-dealkylation sites (tertiary alicyclic amines) is 1. The molecule has 0 N–H and O–H groups in total. The van der Waals surface area contributed by atoms with Crippen molar-refractivity contribution >= 4 is 27.5 Å². The summed E-state index contributed by atoms with van der Waals surface area (Å²) in [5.74, 6) is 0.574. The Labute approximate surface area is 128 Å². The van der Waals surface area contributed by atoms with Crippen molar-refractivity contribution in [2.75, 3.05) is 20.2 Å². The lowest BCUT2D eigenvalue weighted by molar-refractivity contribution is -0.142. The number of carbonyl (C=O) groups excluding carboxylic acids is 1. The third-order valence-corrected chi connectivity index (χ3v) is 5.37. The molecule has 1 amide bonds. The average molecular weight is 304 g/mol. The lowest BCUT2D eigenvalue weighted by atomic mass is 9.97. The number of piperidine rings is 1. The number of hydrogen-bond acceptors (Lipinski definition) is 4. The molecule has 3 rings (SSSR count). The van der Waals surface area contributed by atoms with E-state index in [1.807, 2.05) is 17.9 Å². The first-order chi connectivity index (χ1) is 10.2. The highest BCUT2D eigenvalue weighted by atomic mass is 32.1. The topological polar surface area (TPSA) is 42.4 Å². The molecule has 2 heterocycles. The summed E-state index contributed by atoms with van der Waals surface area (Å²) >= 11 is 1.78. The molecule has 4 nitrogen and oxygen atoms in total. The zero-order valence-corrected chi connectivity index (χ0v) is 13.2. The molecular weight excluding hydrogens is 284 g/mol. The summed E-state index contributed by atoms with van der Waals surface area (Å²) in [6.07, 6.45) is 1.63. The number of ether oxygens (including phenoxy) is 1. The van der Waals surface area contributed by atoms with Gasteiger partial charge in [0.25, 0.3) is 5.91 Å². The fraction of sp³-hybridized carbons (Fsp3) is 0.500. The van der Waals surface area contributed by atoms with Crippen LogP contribution in [0.5, 0.6) is 0 Å². The van der Waals surface area contributed by atoms with E-state index < -0.39 is 0 Å². The maximum absolute atomic E-state index is 12.1. The second-order valence-electron chi connectivity index (χ2n) is 5.50. The average Bonchev–Trinajstić information content (AvgIpc) is 2.97. The van der Waals surface area contributed by atoms with Crippen molar-refractivity contribution in [3.8, 4) is 0 Å². The number of rotatable bonds is 3. The summed E-state index contributed by atoms with van der Waals surface area (Å²) in [7, 11) is 1.58. The third-order valence-electron chi connectivity index (χ3n) is 4.17. The molecule has 1 aliphatic rings. The van der Waals surface area contributed by atoms with Gasteiger partial charge in [0.1, 0.15) is 6.10 Å². The normalized spacial score (nSPS) is 18.1. The van der Waals surface area contributed by atoms with Crippen molar-refractivity contribution in [3.05, 3.63) is 29.3 Å². The molecule has 112 valence electrons. The monoisotopic (exact) mass is 304 g/mol. The van der Waals surface area contributed by atoms with E-state index in [2.05, 4.69) is 18.2 Å². The summed E-state index contributed by atoms with van der Waals surface area (Å²) in [6.45, 7) is 3.40. The van der Waals surface area contributed by atoms with Crippen LogP contribution in [0.25, 0.3) is 10.2 Å². The Kier molecular flexibility index (Phi) is 4.22. The number of nitrogens with zero attached hydrogens (tertiary/aromatic N) is 2. The molecule has 1 unspecified atom stereocenters. The van der Waals surface area contributed by atoms with E-state index in [1.54, 1.807) is 18.4 Å². The van der Waals surface area contributed by atoms with Gasteiger partial charge in [-0.3, -0.25) is 4.79 Å².